The number of hydrogen-bond donors (Lipinski definition) is 13. The Morgan fingerprint density at radius 3 is 1.81 bits per heavy atom. The summed E-state index contributed by atoms with van der Waals surface area (Å²) in [6.45, 7) is 3.77. The van der Waals surface area contributed by atoms with E-state index < -0.39 is 83.6 Å². The Labute approximate surface area is 312 Å². The minimum Gasteiger partial charge on any atom is -0.480 e. The van der Waals surface area contributed by atoms with E-state index in [1.807, 2.05) is 0 Å². The Morgan fingerprint density at radius 1 is 0.808 bits per heavy atom. The van der Waals surface area contributed by atoms with Crippen LogP contribution in [-0.4, -0.2) is 131 Å². The number of nitrogens with one attached hydrogen (secondary N) is 7. The molecule has 14 N–H and O–H groups in total. The number of carbonyl (C=O) groups is 8. The normalized spacial score (nSPS) is 16.7. The second kappa shape index (κ2) is 23.3. The summed E-state index contributed by atoms with van der Waals surface area (Å²) in [5.41, 5.74) is 15.9. The number of rotatable bonds is 23. The van der Waals surface area contributed by atoms with Gasteiger partial charge in [-0.05, 0) is 44.4 Å². The quantitative estimate of drug-likeness (QED) is 0.0204. The highest BCUT2D eigenvalue weighted by molar-refractivity contribution is 7.80. The van der Waals surface area contributed by atoms with Gasteiger partial charge in [0.05, 0.1) is 6.54 Å². The molecular formula is C30H53N11O9S2. The van der Waals surface area contributed by atoms with Gasteiger partial charge in [0.15, 0.2) is 5.96 Å². The monoisotopic (exact) mass is 775 g/mol. The van der Waals surface area contributed by atoms with Crippen LogP contribution in [0.5, 0.6) is 0 Å². The Morgan fingerprint density at radius 2 is 1.33 bits per heavy atom. The molecule has 52 heavy (non-hydrogen) atoms. The summed E-state index contributed by atoms with van der Waals surface area (Å²) in [6.07, 6.45) is 0.729. The number of hydrogen-bond acceptors (Lipinski definition) is 12. The van der Waals surface area contributed by atoms with Crippen LogP contribution in [0.4, 0.5) is 0 Å². The topological polar surface area (TPSA) is 334 Å². The molecule has 0 saturated carbocycles. The Bertz CT molecular complexity index is 1310. The highest BCUT2D eigenvalue weighted by Gasteiger charge is 2.36. The molecule has 0 aliphatic carbocycles. The van der Waals surface area contributed by atoms with Crippen molar-refractivity contribution in [3.05, 3.63) is 0 Å². The van der Waals surface area contributed by atoms with E-state index in [4.69, 9.17) is 22.6 Å². The molecule has 1 saturated heterocycles. The maximum absolute atomic E-state index is 13.4. The maximum atomic E-state index is 13.4. The van der Waals surface area contributed by atoms with Crippen molar-refractivity contribution >= 4 is 78.5 Å². The van der Waals surface area contributed by atoms with Gasteiger partial charge in [-0.1, -0.05) is 13.8 Å². The van der Waals surface area contributed by atoms with Gasteiger partial charge in [-0.3, -0.25) is 39.0 Å². The van der Waals surface area contributed by atoms with E-state index in [0.29, 0.717) is 19.4 Å². The van der Waals surface area contributed by atoms with Crippen molar-refractivity contribution in [1.29, 1.82) is 5.41 Å². The van der Waals surface area contributed by atoms with E-state index >= 15 is 0 Å². The highest BCUT2D eigenvalue weighted by Crippen LogP contribution is 2.18. The first-order valence-electron chi connectivity index (χ1n) is 16.8. The zero-order valence-corrected chi connectivity index (χ0v) is 31.1. The largest absolute Gasteiger partial charge is 0.480 e. The van der Waals surface area contributed by atoms with Crippen LogP contribution >= 0.6 is 25.3 Å². The van der Waals surface area contributed by atoms with Crippen LogP contribution < -0.4 is 49.1 Å². The molecule has 0 aromatic rings. The van der Waals surface area contributed by atoms with Crippen molar-refractivity contribution < 1.29 is 43.5 Å². The first kappa shape index (κ1) is 45.7. The summed E-state index contributed by atoms with van der Waals surface area (Å²) in [7, 11) is 0. The highest BCUT2D eigenvalue weighted by atomic mass is 32.1. The van der Waals surface area contributed by atoms with Crippen LogP contribution in [0.15, 0.2) is 0 Å². The summed E-state index contributed by atoms with van der Waals surface area (Å²) in [6, 6.07) is -7.35. The lowest BCUT2D eigenvalue weighted by atomic mass is 10.0. The number of thiol groups is 2. The molecule has 0 radical (unpaired) electrons. The average molecular weight is 776 g/mol. The van der Waals surface area contributed by atoms with E-state index in [9.17, 15) is 43.5 Å². The average Bonchev–Trinajstić information content (AvgIpc) is 3.58. The van der Waals surface area contributed by atoms with Crippen molar-refractivity contribution in [3.63, 3.8) is 0 Å². The van der Waals surface area contributed by atoms with E-state index in [1.165, 1.54) is 4.90 Å². The molecule has 22 heteroatoms. The van der Waals surface area contributed by atoms with Crippen LogP contribution in [0.1, 0.15) is 58.8 Å². The number of primary amides is 1. The van der Waals surface area contributed by atoms with Gasteiger partial charge in [-0.2, -0.15) is 25.3 Å². The molecule has 6 atom stereocenters. The number of aliphatic carboxylic acids is 1. The lowest BCUT2D eigenvalue weighted by Crippen LogP contribution is -2.60. The summed E-state index contributed by atoms with van der Waals surface area (Å²) >= 11 is 8.30. The van der Waals surface area contributed by atoms with Crippen molar-refractivity contribution in [1.82, 2.24) is 36.8 Å². The third-order valence-corrected chi connectivity index (χ3v) is 8.66. The maximum Gasteiger partial charge on any atom is 0.326 e. The van der Waals surface area contributed by atoms with Gasteiger partial charge in [0.25, 0.3) is 0 Å². The standard InChI is InChI=1S/C30H53N11O9S2/c1-15(2)11-18(25(45)40-19(13-51)26(46)37-17(29(49)50)5-3-9-35-30(33)34)38-27(47)20(14-52)39-24(44)16(7-8-22(32)42)36-28(48)21-6-4-10-41(21)23(43)12-31/h15-21,51-52H,3-14,31H2,1-2H3,(H2,32,42)(H,36,48)(H,37,46)(H,38,47)(H,39,44)(H,40,45)(H,49,50)(H4,33,34,35)/t16-,17-,18-,19-,20-,21-/m0/s1. The number of carbonyl (C=O) groups excluding carboxylic acids is 7. The molecule has 0 bridgehead atoms. The molecule has 1 heterocycles. The van der Waals surface area contributed by atoms with Gasteiger partial charge in [0.1, 0.15) is 36.3 Å². The Hall–Kier alpha value is -4.31. The van der Waals surface area contributed by atoms with E-state index in [1.54, 1.807) is 13.8 Å². The summed E-state index contributed by atoms with van der Waals surface area (Å²) in [5, 5.41) is 31.7. The van der Waals surface area contributed by atoms with Gasteiger partial charge in [-0.15, -0.1) is 0 Å². The fraction of sp³-hybridized carbons (Fsp3) is 0.700. The van der Waals surface area contributed by atoms with Crippen molar-refractivity contribution in [2.45, 2.75) is 95.0 Å². The molecule has 1 fully saturated rings. The molecule has 1 aliphatic heterocycles. The molecule has 0 unspecified atom stereocenters. The number of amides is 7. The van der Waals surface area contributed by atoms with Gasteiger partial charge >= 0.3 is 5.97 Å². The van der Waals surface area contributed by atoms with Gasteiger partial charge in [-0.25, -0.2) is 4.79 Å². The van der Waals surface area contributed by atoms with E-state index in [0.717, 1.165) is 0 Å². The predicted octanol–water partition coefficient (Wildman–Crippen LogP) is -4.12. The van der Waals surface area contributed by atoms with Gasteiger partial charge in [0.2, 0.25) is 41.4 Å². The third kappa shape index (κ3) is 15.9. The lowest BCUT2D eigenvalue weighted by Gasteiger charge is -2.28. The number of guanidine groups is 1. The van der Waals surface area contributed by atoms with Gasteiger partial charge in [0, 0.05) is 31.0 Å². The molecule has 20 nitrogen and oxygen atoms in total. The molecule has 7 amide bonds. The Balaban J connectivity index is 3.04. The van der Waals surface area contributed by atoms with Gasteiger partial charge < -0.3 is 59.1 Å². The lowest BCUT2D eigenvalue weighted by molar-refractivity contribution is -0.142. The van der Waals surface area contributed by atoms with Crippen LogP contribution in [-0.2, 0) is 38.4 Å². The number of nitrogens with two attached hydrogens (primary N) is 3. The van der Waals surface area contributed by atoms with Crippen molar-refractivity contribution in [2.24, 2.45) is 23.1 Å². The first-order valence-corrected chi connectivity index (χ1v) is 18.0. The first-order chi connectivity index (χ1) is 24.4. The molecule has 294 valence electrons. The summed E-state index contributed by atoms with van der Waals surface area (Å²) < 4.78 is 0. The molecule has 0 spiro atoms. The van der Waals surface area contributed by atoms with Crippen LogP contribution in [0.3, 0.4) is 0 Å². The van der Waals surface area contributed by atoms with Crippen LogP contribution in [0, 0.1) is 11.3 Å². The molecular weight excluding hydrogens is 723 g/mol. The number of carboxylic acid groups (broad SMARTS) is 1. The molecule has 0 aromatic heterocycles. The number of nitrogens with zero attached hydrogens (tertiary/aromatic N) is 1. The summed E-state index contributed by atoms with van der Waals surface area (Å²) in [4.78, 5) is 103. The number of likely N-dealkylation sites (tertiary alicyclic amines) is 1. The minimum atomic E-state index is -1.33. The second-order valence-electron chi connectivity index (χ2n) is 12.6. The zero-order chi connectivity index (χ0) is 39.5. The molecule has 1 rings (SSSR count). The molecule has 1 aliphatic rings. The van der Waals surface area contributed by atoms with E-state index in [2.05, 4.69) is 57.2 Å². The number of carboxylic acids is 1. The fourth-order valence-corrected chi connectivity index (χ4v) is 5.76. The molecule has 0 aromatic carbocycles. The summed E-state index contributed by atoms with van der Waals surface area (Å²) in [5.74, 6) is -7.32. The smallest absolute Gasteiger partial charge is 0.326 e. The van der Waals surface area contributed by atoms with Crippen molar-refractivity contribution in [3.8, 4) is 0 Å². The third-order valence-electron chi connectivity index (χ3n) is 7.93. The van der Waals surface area contributed by atoms with Crippen molar-refractivity contribution in [2.75, 3.05) is 31.1 Å². The fourth-order valence-electron chi connectivity index (χ4n) is 5.25. The SMILES string of the molecule is CC(C)C[C@H](NC(=O)[C@H](CS)NC(=O)[C@H](CCC(N)=O)NC(=O)[C@@H]1CCCN1C(=O)CN)C(=O)N[C@@H](CS)C(=O)N[C@@H](CCCNC(=N)N)C(=O)O. The van der Waals surface area contributed by atoms with Crippen LogP contribution in [0.2, 0.25) is 0 Å². The second-order valence-corrected chi connectivity index (χ2v) is 13.3. The van der Waals surface area contributed by atoms with E-state index in [-0.39, 0.29) is 68.6 Å². The van der Waals surface area contributed by atoms with Crippen LogP contribution in [0.25, 0.3) is 0 Å². The predicted molar refractivity (Wildman–Crippen MR) is 196 cm³/mol. The Kier molecular flexibility index (Phi) is 20.5. The zero-order valence-electron chi connectivity index (χ0n) is 29.3. The minimum absolute atomic E-state index is 0.00247.